The largest absolute Gasteiger partial charge is 0.373 e. The molecule has 2 N–H and O–H groups in total. The predicted molar refractivity (Wildman–Crippen MR) is 94.8 cm³/mol. The van der Waals surface area contributed by atoms with Crippen molar-refractivity contribution < 1.29 is 4.74 Å². The van der Waals surface area contributed by atoms with Crippen molar-refractivity contribution >= 4 is 5.96 Å². The summed E-state index contributed by atoms with van der Waals surface area (Å²) < 4.78 is 5.92. The van der Waals surface area contributed by atoms with Crippen LogP contribution in [0.1, 0.15) is 44.6 Å². The molecule has 23 heavy (non-hydrogen) atoms. The summed E-state index contributed by atoms with van der Waals surface area (Å²) in [4.78, 5) is 4.40. The Balaban J connectivity index is 1.56. The fraction of sp³-hybridized carbons (Fsp3) is 0.632. The van der Waals surface area contributed by atoms with Crippen LogP contribution in [0.4, 0.5) is 0 Å². The zero-order valence-electron chi connectivity index (χ0n) is 14.5. The fourth-order valence-electron chi connectivity index (χ4n) is 3.81. The van der Waals surface area contributed by atoms with Gasteiger partial charge in [0.25, 0.3) is 0 Å². The van der Waals surface area contributed by atoms with Gasteiger partial charge in [-0.25, -0.2) is 0 Å². The van der Waals surface area contributed by atoms with E-state index in [9.17, 15) is 0 Å². The molecule has 0 radical (unpaired) electrons. The van der Waals surface area contributed by atoms with Gasteiger partial charge in [-0.1, -0.05) is 44.2 Å². The lowest BCUT2D eigenvalue weighted by Crippen LogP contribution is -2.48. The van der Waals surface area contributed by atoms with Crippen molar-refractivity contribution in [3.63, 3.8) is 0 Å². The molecule has 2 heterocycles. The van der Waals surface area contributed by atoms with Gasteiger partial charge in [-0.2, -0.15) is 0 Å². The van der Waals surface area contributed by atoms with E-state index in [1.54, 1.807) is 0 Å². The van der Waals surface area contributed by atoms with Crippen LogP contribution in [0.3, 0.4) is 0 Å². The number of benzene rings is 1. The Kier molecular flexibility index (Phi) is 5.21. The summed E-state index contributed by atoms with van der Waals surface area (Å²) in [6.45, 7) is 5.45. The minimum Gasteiger partial charge on any atom is -0.373 e. The lowest BCUT2D eigenvalue weighted by Gasteiger charge is -2.26. The Hall–Kier alpha value is -1.55. The van der Waals surface area contributed by atoms with E-state index in [1.807, 2.05) is 7.05 Å². The first kappa shape index (κ1) is 16.3. The molecule has 0 spiro atoms. The monoisotopic (exact) mass is 315 g/mol. The average molecular weight is 315 g/mol. The number of hydrogen-bond acceptors (Lipinski definition) is 2. The molecule has 1 aromatic rings. The van der Waals surface area contributed by atoms with Crippen LogP contribution < -0.4 is 10.6 Å². The summed E-state index contributed by atoms with van der Waals surface area (Å²) in [5.41, 5.74) is 1.38. The topological polar surface area (TPSA) is 45.7 Å². The third-order valence-corrected chi connectivity index (χ3v) is 5.17. The SMILES string of the molecule is CN=C(NCC(c1ccccc1)C(C)C)NC1CC2CCC1O2. The van der Waals surface area contributed by atoms with Gasteiger partial charge in [0.15, 0.2) is 5.96 Å². The van der Waals surface area contributed by atoms with Crippen molar-refractivity contribution in [2.45, 2.75) is 57.3 Å². The van der Waals surface area contributed by atoms with Crippen LogP contribution in [0, 0.1) is 5.92 Å². The van der Waals surface area contributed by atoms with E-state index < -0.39 is 0 Å². The van der Waals surface area contributed by atoms with Crippen molar-refractivity contribution in [1.82, 2.24) is 10.6 Å². The zero-order chi connectivity index (χ0) is 16.2. The Morgan fingerprint density at radius 1 is 1.26 bits per heavy atom. The smallest absolute Gasteiger partial charge is 0.191 e. The second-order valence-electron chi connectivity index (χ2n) is 7.07. The predicted octanol–water partition coefficient (Wildman–Crippen LogP) is 2.91. The standard InChI is InChI=1S/C19H29N3O/c1-13(2)16(14-7-5-4-6-8-14)12-21-19(20-3)22-17-11-15-9-10-18(17)23-15/h4-8,13,15-18H,9-12H2,1-3H3,(H2,20,21,22). The highest BCUT2D eigenvalue weighted by Gasteiger charge is 2.41. The molecule has 0 aromatic heterocycles. The van der Waals surface area contributed by atoms with Crippen LogP contribution >= 0.6 is 0 Å². The van der Waals surface area contributed by atoms with E-state index >= 15 is 0 Å². The van der Waals surface area contributed by atoms with E-state index in [2.05, 4.69) is 59.8 Å². The first-order valence-corrected chi connectivity index (χ1v) is 8.85. The van der Waals surface area contributed by atoms with Gasteiger partial charge in [0.2, 0.25) is 0 Å². The van der Waals surface area contributed by atoms with Crippen LogP contribution in [0.25, 0.3) is 0 Å². The minimum atomic E-state index is 0.369. The summed E-state index contributed by atoms with van der Waals surface area (Å²) in [6.07, 6.45) is 4.34. The molecule has 2 saturated heterocycles. The van der Waals surface area contributed by atoms with Crippen LogP contribution in [0.5, 0.6) is 0 Å². The number of rotatable bonds is 5. The normalized spacial score (nSPS) is 28.2. The molecular weight excluding hydrogens is 286 g/mol. The van der Waals surface area contributed by atoms with Crippen LogP contribution in [0.15, 0.2) is 35.3 Å². The van der Waals surface area contributed by atoms with Gasteiger partial charge in [0.1, 0.15) is 0 Å². The minimum absolute atomic E-state index is 0.369. The summed E-state index contributed by atoms with van der Waals surface area (Å²) in [7, 11) is 1.84. The second kappa shape index (κ2) is 7.35. The number of nitrogens with zero attached hydrogens (tertiary/aromatic N) is 1. The molecule has 4 heteroatoms. The van der Waals surface area contributed by atoms with E-state index in [1.165, 1.54) is 18.4 Å². The number of nitrogens with one attached hydrogen (secondary N) is 2. The molecule has 2 fully saturated rings. The van der Waals surface area contributed by atoms with Gasteiger partial charge >= 0.3 is 0 Å². The van der Waals surface area contributed by atoms with Crippen LogP contribution in [-0.4, -0.2) is 37.8 Å². The number of fused-ring (bicyclic) bond motifs is 2. The first-order valence-electron chi connectivity index (χ1n) is 8.85. The molecule has 0 amide bonds. The fourth-order valence-corrected chi connectivity index (χ4v) is 3.81. The number of hydrogen-bond donors (Lipinski definition) is 2. The Bertz CT molecular complexity index is 529. The van der Waals surface area contributed by atoms with E-state index in [-0.39, 0.29) is 0 Å². The molecule has 1 aromatic carbocycles. The van der Waals surface area contributed by atoms with E-state index in [0.29, 0.717) is 30.1 Å². The highest BCUT2D eigenvalue weighted by atomic mass is 16.5. The third-order valence-electron chi connectivity index (χ3n) is 5.17. The summed E-state index contributed by atoms with van der Waals surface area (Å²) in [5, 5.41) is 7.08. The lowest BCUT2D eigenvalue weighted by atomic mass is 9.88. The molecule has 2 aliphatic rings. The van der Waals surface area contributed by atoms with E-state index in [4.69, 9.17) is 4.74 Å². The Labute approximate surface area is 139 Å². The van der Waals surface area contributed by atoms with Gasteiger partial charge in [0.05, 0.1) is 18.2 Å². The van der Waals surface area contributed by atoms with Gasteiger partial charge in [0, 0.05) is 19.5 Å². The van der Waals surface area contributed by atoms with Crippen molar-refractivity contribution in [3.05, 3.63) is 35.9 Å². The van der Waals surface area contributed by atoms with Gasteiger partial charge in [-0.05, 0) is 30.7 Å². The summed E-state index contributed by atoms with van der Waals surface area (Å²) in [6, 6.07) is 11.1. The Morgan fingerprint density at radius 3 is 2.61 bits per heavy atom. The molecule has 0 aliphatic carbocycles. The molecule has 4 nitrogen and oxygen atoms in total. The zero-order valence-corrected chi connectivity index (χ0v) is 14.5. The number of guanidine groups is 1. The maximum absolute atomic E-state index is 5.92. The molecule has 2 aliphatic heterocycles. The highest BCUT2D eigenvalue weighted by Crippen LogP contribution is 2.34. The molecule has 2 bridgehead atoms. The summed E-state index contributed by atoms with van der Waals surface area (Å²) >= 11 is 0. The van der Waals surface area contributed by atoms with Crippen molar-refractivity contribution in [2.24, 2.45) is 10.9 Å². The Morgan fingerprint density at radius 2 is 2.04 bits per heavy atom. The number of aliphatic imine (C=N–C) groups is 1. The molecule has 3 rings (SSSR count). The van der Waals surface area contributed by atoms with Gasteiger partial charge < -0.3 is 15.4 Å². The first-order chi connectivity index (χ1) is 11.2. The molecule has 4 unspecified atom stereocenters. The van der Waals surface area contributed by atoms with Crippen molar-refractivity contribution in [1.29, 1.82) is 0 Å². The maximum Gasteiger partial charge on any atom is 0.191 e. The summed E-state index contributed by atoms with van der Waals surface area (Å²) in [5.74, 6) is 1.95. The van der Waals surface area contributed by atoms with Crippen molar-refractivity contribution in [3.8, 4) is 0 Å². The molecule has 0 saturated carbocycles. The number of ether oxygens (including phenoxy) is 1. The van der Waals surface area contributed by atoms with Gasteiger partial charge in [-0.3, -0.25) is 4.99 Å². The molecule has 126 valence electrons. The van der Waals surface area contributed by atoms with E-state index in [0.717, 1.165) is 18.9 Å². The highest BCUT2D eigenvalue weighted by molar-refractivity contribution is 5.80. The average Bonchev–Trinajstić information content (AvgIpc) is 3.17. The quantitative estimate of drug-likeness (QED) is 0.649. The van der Waals surface area contributed by atoms with Crippen LogP contribution in [-0.2, 0) is 4.74 Å². The third kappa shape index (κ3) is 3.86. The van der Waals surface area contributed by atoms with Crippen LogP contribution in [0.2, 0.25) is 0 Å². The lowest BCUT2D eigenvalue weighted by molar-refractivity contribution is 0.0992. The molecular formula is C19H29N3O. The van der Waals surface area contributed by atoms with Gasteiger partial charge in [-0.15, -0.1) is 0 Å². The second-order valence-corrected chi connectivity index (χ2v) is 7.07. The maximum atomic E-state index is 5.92. The molecule has 4 atom stereocenters. The van der Waals surface area contributed by atoms with Crippen molar-refractivity contribution in [2.75, 3.05) is 13.6 Å².